The van der Waals surface area contributed by atoms with Gasteiger partial charge in [0.25, 0.3) is 11.8 Å². The normalized spacial score (nSPS) is 11.3. The number of carbonyl (C=O) groups excluding carboxylic acids is 2. The zero-order valence-electron chi connectivity index (χ0n) is 17.2. The van der Waals surface area contributed by atoms with Gasteiger partial charge < -0.3 is 10.2 Å². The van der Waals surface area contributed by atoms with Crippen molar-refractivity contribution in [3.63, 3.8) is 0 Å². The molecule has 0 saturated carbocycles. The number of nitrogens with zero attached hydrogens (tertiary/aromatic N) is 2. The molecule has 0 aliphatic heterocycles. The molecule has 0 aliphatic carbocycles. The van der Waals surface area contributed by atoms with E-state index >= 15 is 0 Å². The molecule has 0 radical (unpaired) electrons. The molecule has 2 rings (SSSR count). The zero-order chi connectivity index (χ0) is 21.6. The van der Waals surface area contributed by atoms with Crippen LogP contribution in [0.2, 0.25) is 0 Å². The highest BCUT2D eigenvalue weighted by Gasteiger charge is 2.22. The monoisotopic (exact) mass is 417 g/mol. The van der Waals surface area contributed by atoms with Crippen LogP contribution in [0, 0.1) is 0 Å². The highest BCUT2D eigenvalue weighted by Crippen LogP contribution is 2.17. The molecule has 0 aromatic heterocycles. The van der Waals surface area contributed by atoms with Crippen molar-refractivity contribution in [2.24, 2.45) is 0 Å². The minimum absolute atomic E-state index is 0.0902. The molecule has 2 aromatic rings. The number of benzene rings is 2. The van der Waals surface area contributed by atoms with Crippen molar-refractivity contribution < 1.29 is 18.0 Å². The Labute approximate surface area is 172 Å². The number of nitrogens with one attached hydrogen (secondary N) is 1. The highest BCUT2D eigenvalue weighted by molar-refractivity contribution is 7.89. The summed E-state index contributed by atoms with van der Waals surface area (Å²) >= 11 is 0. The Balaban J connectivity index is 2.15. The number of carbonyl (C=O) groups is 2. The summed E-state index contributed by atoms with van der Waals surface area (Å²) in [5.41, 5.74) is 1.57. The van der Waals surface area contributed by atoms with Crippen LogP contribution in [0.1, 0.15) is 40.1 Å². The fourth-order valence-electron chi connectivity index (χ4n) is 2.87. The Morgan fingerprint density at radius 3 is 2.17 bits per heavy atom. The number of hydrogen-bond acceptors (Lipinski definition) is 4. The molecule has 29 heavy (non-hydrogen) atoms. The van der Waals surface area contributed by atoms with Crippen LogP contribution < -0.4 is 5.32 Å². The van der Waals surface area contributed by atoms with E-state index < -0.39 is 10.0 Å². The first-order chi connectivity index (χ1) is 13.7. The van der Waals surface area contributed by atoms with E-state index in [1.807, 2.05) is 6.07 Å². The first-order valence-corrected chi connectivity index (χ1v) is 10.8. The molecule has 2 amide bonds. The van der Waals surface area contributed by atoms with Crippen molar-refractivity contribution in [2.75, 3.05) is 27.2 Å². The summed E-state index contributed by atoms with van der Waals surface area (Å²) in [6, 6.07) is 13.0. The molecule has 0 atom stereocenters. The van der Waals surface area contributed by atoms with Gasteiger partial charge in [-0.05, 0) is 35.9 Å². The average molecular weight is 418 g/mol. The summed E-state index contributed by atoms with van der Waals surface area (Å²) in [6.45, 7) is 4.48. The molecular formula is C21H27N3O4S. The van der Waals surface area contributed by atoms with Gasteiger partial charge in [0, 0.05) is 44.9 Å². The maximum atomic E-state index is 12.7. The number of rotatable bonds is 8. The lowest BCUT2D eigenvalue weighted by Crippen LogP contribution is -2.31. The highest BCUT2D eigenvalue weighted by atomic mass is 32.2. The van der Waals surface area contributed by atoms with Crippen LogP contribution in [0.3, 0.4) is 0 Å². The van der Waals surface area contributed by atoms with Crippen molar-refractivity contribution in [3.05, 3.63) is 65.2 Å². The van der Waals surface area contributed by atoms with Gasteiger partial charge in [-0.3, -0.25) is 9.59 Å². The average Bonchev–Trinajstić information content (AvgIpc) is 2.72. The van der Waals surface area contributed by atoms with Gasteiger partial charge in [-0.15, -0.1) is 0 Å². The van der Waals surface area contributed by atoms with E-state index in [4.69, 9.17) is 0 Å². The third kappa shape index (κ3) is 5.42. The molecular weight excluding hydrogens is 390 g/mol. The molecule has 7 nitrogen and oxygen atoms in total. The van der Waals surface area contributed by atoms with Crippen molar-refractivity contribution in [1.82, 2.24) is 14.5 Å². The van der Waals surface area contributed by atoms with Gasteiger partial charge in [0.15, 0.2) is 0 Å². The second-order valence-corrected chi connectivity index (χ2v) is 8.64. The van der Waals surface area contributed by atoms with Gasteiger partial charge in [0.1, 0.15) is 0 Å². The molecule has 0 unspecified atom stereocenters. The minimum Gasteiger partial charge on any atom is -0.348 e. The summed E-state index contributed by atoms with van der Waals surface area (Å²) in [5, 5.41) is 2.77. The van der Waals surface area contributed by atoms with Crippen LogP contribution >= 0.6 is 0 Å². The Kier molecular flexibility index (Phi) is 7.53. The molecule has 0 aliphatic rings. The van der Waals surface area contributed by atoms with Crippen molar-refractivity contribution in [1.29, 1.82) is 0 Å². The molecule has 0 spiro atoms. The van der Waals surface area contributed by atoms with Crippen LogP contribution in [0.5, 0.6) is 0 Å². The van der Waals surface area contributed by atoms with Gasteiger partial charge >= 0.3 is 0 Å². The number of hydrogen-bond donors (Lipinski definition) is 1. The third-order valence-corrected chi connectivity index (χ3v) is 6.52. The molecule has 0 bridgehead atoms. The molecule has 2 aromatic carbocycles. The maximum Gasteiger partial charge on any atom is 0.253 e. The molecule has 0 heterocycles. The van der Waals surface area contributed by atoms with Gasteiger partial charge in [-0.25, -0.2) is 8.42 Å². The van der Waals surface area contributed by atoms with E-state index in [9.17, 15) is 18.0 Å². The van der Waals surface area contributed by atoms with E-state index in [-0.39, 0.29) is 28.8 Å². The molecule has 0 saturated heterocycles. The minimum atomic E-state index is -3.64. The van der Waals surface area contributed by atoms with Crippen molar-refractivity contribution in [2.45, 2.75) is 25.3 Å². The standard InChI is InChI=1S/C21H27N3O4S/c1-5-24(6-2)29(27,28)19-12-8-10-17(14-19)20(25)22-15-16-9-7-11-18(13-16)21(26)23(3)4/h7-14H,5-6,15H2,1-4H3,(H,22,25). The molecule has 0 fully saturated rings. The second-order valence-electron chi connectivity index (χ2n) is 6.70. The van der Waals surface area contributed by atoms with Crippen LogP contribution in [0.15, 0.2) is 53.4 Å². The van der Waals surface area contributed by atoms with Crippen LogP contribution in [-0.4, -0.2) is 56.6 Å². The Morgan fingerprint density at radius 1 is 0.931 bits per heavy atom. The third-order valence-electron chi connectivity index (χ3n) is 4.47. The van der Waals surface area contributed by atoms with Gasteiger partial charge in [-0.1, -0.05) is 32.0 Å². The van der Waals surface area contributed by atoms with E-state index in [0.717, 1.165) is 5.56 Å². The lowest BCUT2D eigenvalue weighted by Gasteiger charge is -2.18. The topological polar surface area (TPSA) is 86.8 Å². The number of sulfonamides is 1. The van der Waals surface area contributed by atoms with Gasteiger partial charge in [0.2, 0.25) is 10.0 Å². The smallest absolute Gasteiger partial charge is 0.253 e. The number of amides is 2. The first kappa shape index (κ1) is 22.6. The van der Waals surface area contributed by atoms with E-state index in [1.165, 1.54) is 21.3 Å². The van der Waals surface area contributed by atoms with Crippen LogP contribution in [-0.2, 0) is 16.6 Å². The first-order valence-electron chi connectivity index (χ1n) is 9.39. The summed E-state index contributed by atoms with van der Waals surface area (Å²) in [7, 11) is -0.283. The summed E-state index contributed by atoms with van der Waals surface area (Å²) < 4.78 is 26.7. The van der Waals surface area contributed by atoms with E-state index in [2.05, 4.69) is 5.32 Å². The largest absolute Gasteiger partial charge is 0.348 e. The molecule has 156 valence electrons. The lowest BCUT2D eigenvalue weighted by atomic mass is 10.1. The quantitative estimate of drug-likeness (QED) is 0.714. The predicted octanol–water partition coefficient (Wildman–Crippen LogP) is 2.35. The molecule has 8 heteroatoms. The lowest BCUT2D eigenvalue weighted by molar-refractivity contribution is 0.0827. The SMILES string of the molecule is CCN(CC)S(=O)(=O)c1cccc(C(=O)NCc2cccc(C(=O)N(C)C)c2)c1. The van der Waals surface area contributed by atoms with Gasteiger partial charge in [-0.2, -0.15) is 4.31 Å². The summed E-state index contributed by atoms with van der Waals surface area (Å²) in [6.07, 6.45) is 0. The van der Waals surface area contributed by atoms with Crippen LogP contribution in [0.4, 0.5) is 0 Å². The van der Waals surface area contributed by atoms with E-state index in [0.29, 0.717) is 18.7 Å². The Bertz CT molecular complexity index is 983. The fraction of sp³-hybridized carbons (Fsp3) is 0.333. The summed E-state index contributed by atoms with van der Waals surface area (Å²) in [5.74, 6) is -0.501. The Hall–Kier alpha value is -2.71. The maximum absolute atomic E-state index is 12.7. The summed E-state index contributed by atoms with van der Waals surface area (Å²) in [4.78, 5) is 26.2. The Morgan fingerprint density at radius 2 is 1.55 bits per heavy atom. The van der Waals surface area contributed by atoms with E-state index in [1.54, 1.807) is 58.3 Å². The molecule has 1 N–H and O–H groups in total. The second kappa shape index (κ2) is 9.67. The zero-order valence-corrected chi connectivity index (χ0v) is 18.0. The van der Waals surface area contributed by atoms with Crippen molar-refractivity contribution >= 4 is 21.8 Å². The fourth-order valence-corrected chi connectivity index (χ4v) is 4.37. The van der Waals surface area contributed by atoms with Crippen LogP contribution in [0.25, 0.3) is 0 Å². The van der Waals surface area contributed by atoms with Gasteiger partial charge in [0.05, 0.1) is 4.90 Å². The van der Waals surface area contributed by atoms with Crippen molar-refractivity contribution in [3.8, 4) is 0 Å². The predicted molar refractivity (Wildman–Crippen MR) is 112 cm³/mol.